The maximum atomic E-state index is 13.0. The summed E-state index contributed by atoms with van der Waals surface area (Å²) in [5.41, 5.74) is 2.44. The van der Waals surface area contributed by atoms with E-state index in [9.17, 15) is 4.79 Å². The van der Waals surface area contributed by atoms with Crippen molar-refractivity contribution in [2.45, 2.75) is 6.92 Å². The van der Waals surface area contributed by atoms with Crippen molar-refractivity contribution in [3.8, 4) is 17.2 Å². The van der Waals surface area contributed by atoms with Crippen molar-refractivity contribution in [1.82, 2.24) is 9.38 Å². The van der Waals surface area contributed by atoms with Crippen LogP contribution in [0.25, 0.3) is 22.1 Å². The molecule has 2 aromatic heterocycles. The fourth-order valence-corrected chi connectivity index (χ4v) is 4.68. The van der Waals surface area contributed by atoms with Crippen LogP contribution in [-0.2, 0) is 0 Å². The molecule has 34 heavy (non-hydrogen) atoms. The monoisotopic (exact) mass is 472 g/mol. The number of methoxy groups -OCH3 is 1. The van der Waals surface area contributed by atoms with E-state index in [1.165, 1.54) is 11.3 Å². The molecule has 0 amide bonds. The number of fused-ring (bicyclic) bond motifs is 3. The number of nitrogens with zero attached hydrogens (tertiary/aromatic N) is 2. The number of hydrogen-bond acceptors (Lipinski definition) is 6. The zero-order valence-electron chi connectivity index (χ0n) is 18.9. The minimum atomic E-state index is -0.0692. The second kappa shape index (κ2) is 9.57. The van der Waals surface area contributed by atoms with E-state index >= 15 is 0 Å². The summed E-state index contributed by atoms with van der Waals surface area (Å²) < 4.78 is 19.6. The standard InChI is InChI=1S/C27H24N2O4S/c1-18(16-32-20-8-4-3-5-9-20)17-33-23-13-12-19(14-24(23)31-2)15-25-26(30)29-22-11-7-6-10-21(22)28-27(29)34-25/h3-15,18H,16-17H2,1-2H3/b25-15-. The lowest BCUT2D eigenvalue weighted by Gasteiger charge is -2.16. The summed E-state index contributed by atoms with van der Waals surface area (Å²) in [5.74, 6) is 2.31. The van der Waals surface area contributed by atoms with Crippen molar-refractivity contribution >= 4 is 33.4 Å². The van der Waals surface area contributed by atoms with Crippen LogP contribution < -0.4 is 24.3 Å². The molecule has 0 aliphatic heterocycles. The second-order valence-corrected chi connectivity index (χ2v) is 9.09. The van der Waals surface area contributed by atoms with E-state index < -0.39 is 0 Å². The van der Waals surface area contributed by atoms with Crippen LogP contribution in [0.5, 0.6) is 17.2 Å². The molecule has 172 valence electrons. The average molecular weight is 473 g/mol. The summed E-state index contributed by atoms with van der Waals surface area (Å²) >= 11 is 1.38. The molecule has 2 heterocycles. The van der Waals surface area contributed by atoms with E-state index in [-0.39, 0.29) is 11.5 Å². The van der Waals surface area contributed by atoms with Gasteiger partial charge >= 0.3 is 0 Å². The van der Waals surface area contributed by atoms with Gasteiger partial charge in [0.25, 0.3) is 5.56 Å². The Balaban J connectivity index is 1.32. The van der Waals surface area contributed by atoms with Crippen molar-refractivity contribution < 1.29 is 14.2 Å². The van der Waals surface area contributed by atoms with Crippen LogP contribution in [0.15, 0.2) is 77.6 Å². The van der Waals surface area contributed by atoms with Gasteiger partial charge in [-0.25, -0.2) is 9.38 Å². The zero-order valence-corrected chi connectivity index (χ0v) is 19.7. The van der Waals surface area contributed by atoms with Crippen LogP contribution in [0.1, 0.15) is 12.5 Å². The number of hydrogen-bond donors (Lipinski definition) is 0. The van der Waals surface area contributed by atoms with Gasteiger partial charge in [-0.1, -0.05) is 54.7 Å². The molecule has 0 bridgehead atoms. The Morgan fingerprint density at radius 1 is 0.971 bits per heavy atom. The van der Waals surface area contributed by atoms with E-state index in [0.717, 1.165) is 22.3 Å². The number of rotatable bonds is 8. The Kier molecular flexibility index (Phi) is 6.18. The quantitative estimate of drug-likeness (QED) is 0.331. The lowest BCUT2D eigenvalue weighted by atomic mass is 10.2. The van der Waals surface area contributed by atoms with Gasteiger partial charge in [0.05, 0.1) is 35.9 Å². The number of benzene rings is 3. The van der Waals surface area contributed by atoms with Gasteiger partial charge < -0.3 is 14.2 Å². The lowest BCUT2D eigenvalue weighted by Crippen LogP contribution is -2.22. The molecule has 0 aliphatic carbocycles. The molecule has 0 fully saturated rings. The molecule has 0 saturated carbocycles. The molecule has 0 saturated heterocycles. The molecular weight excluding hydrogens is 448 g/mol. The third kappa shape index (κ3) is 4.47. The summed E-state index contributed by atoms with van der Waals surface area (Å²) in [6.45, 7) is 3.12. The SMILES string of the molecule is COc1cc(/C=c2\sc3nc4ccccc4n3c2=O)ccc1OCC(C)COc1ccccc1. The molecule has 5 rings (SSSR count). The van der Waals surface area contributed by atoms with Gasteiger partial charge in [0.15, 0.2) is 16.5 Å². The number of aromatic nitrogens is 2. The van der Waals surface area contributed by atoms with Crippen molar-refractivity contribution in [2.75, 3.05) is 20.3 Å². The van der Waals surface area contributed by atoms with Gasteiger partial charge in [0.1, 0.15) is 5.75 Å². The van der Waals surface area contributed by atoms with Crippen molar-refractivity contribution in [3.05, 3.63) is 93.2 Å². The Morgan fingerprint density at radius 2 is 1.74 bits per heavy atom. The third-order valence-corrected chi connectivity index (χ3v) is 6.40. The van der Waals surface area contributed by atoms with Crippen LogP contribution >= 0.6 is 11.3 Å². The second-order valence-electron chi connectivity index (χ2n) is 8.08. The van der Waals surface area contributed by atoms with Gasteiger partial charge in [0.2, 0.25) is 0 Å². The van der Waals surface area contributed by atoms with Gasteiger partial charge in [-0.15, -0.1) is 0 Å². The van der Waals surface area contributed by atoms with Gasteiger partial charge in [-0.2, -0.15) is 0 Å². The maximum absolute atomic E-state index is 13.0. The molecule has 0 aliphatic rings. The van der Waals surface area contributed by atoms with Gasteiger partial charge in [-0.05, 0) is 48.0 Å². The molecule has 1 unspecified atom stereocenters. The highest BCUT2D eigenvalue weighted by molar-refractivity contribution is 7.15. The summed E-state index contributed by atoms with van der Waals surface area (Å²) in [7, 11) is 1.61. The molecule has 5 aromatic rings. The van der Waals surface area contributed by atoms with Crippen molar-refractivity contribution in [2.24, 2.45) is 5.92 Å². The van der Waals surface area contributed by atoms with E-state index in [4.69, 9.17) is 14.2 Å². The average Bonchev–Trinajstić information content (AvgIpc) is 3.38. The van der Waals surface area contributed by atoms with Gasteiger partial charge in [-0.3, -0.25) is 4.79 Å². The fraction of sp³-hybridized carbons (Fsp3) is 0.185. The zero-order chi connectivity index (χ0) is 23.5. The molecule has 0 N–H and O–H groups in total. The Hall–Kier alpha value is -3.84. The van der Waals surface area contributed by atoms with Crippen LogP contribution in [0, 0.1) is 5.92 Å². The predicted octanol–water partition coefficient (Wildman–Crippen LogP) is 4.56. The van der Waals surface area contributed by atoms with Crippen LogP contribution in [0.4, 0.5) is 0 Å². The highest BCUT2D eigenvalue weighted by atomic mass is 32.1. The van der Waals surface area contributed by atoms with Crippen molar-refractivity contribution in [1.29, 1.82) is 0 Å². The molecular formula is C27H24N2O4S. The van der Waals surface area contributed by atoms with Crippen LogP contribution in [0.2, 0.25) is 0 Å². The topological polar surface area (TPSA) is 62.1 Å². The summed E-state index contributed by atoms with van der Waals surface area (Å²) in [6.07, 6.45) is 1.86. The van der Waals surface area contributed by atoms with E-state index in [0.29, 0.717) is 34.2 Å². The minimum absolute atomic E-state index is 0.0692. The number of ether oxygens (including phenoxy) is 3. The lowest BCUT2D eigenvalue weighted by molar-refractivity contribution is 0.184. The van der Waals surface area contributed by atoms with Crippen LogP contribution in [-0.4, -0.2) is 29.7 Å². The van der Waals surface area contributed by atoms with Crippen molar-refractivity contribution in [3.63, 3.8) is 0 Å². The highest BCUT2D eigenvalue weighted by Gasteiger charge is 2.12. The van der Waals surface area contributed by atoms with E-state index in [1.54, 1.807) is 11.5 Å². The first kappa shape index (κ1) is 22.0. The fourth-order valence-electron chi connectivity index (χ4n) is 3.69. The smallest absolute Gasteiger partial charge is 0.274 e. The summed E-state index contributed by atoms with van der Waals surface area (Å²) in [5, 5.41) is 0. The first-order chi connectivity index (χ1) is 16.6. The molecule has 3 aromatic carbocycles. The first-order valence-corrected chi connectivity index (χ1v) is 11.8. The Bertz CT molecular complexity index is 1540. The normalized spacial score (nSPS) is 12.8. The number of imidazole rings is 1. The van der Waals surface area contributed by atoms with Gasteiger partial charge in [0, 0.05) is 5.92 Å². The third-order valence-electron chi connectivity index (χ3n) is 5.43. The number of thiazole rings is 1. The molecule has 7 heteroatoms. The molecule has 6 nitrogen and oxygen atoms in total. The molecule has 1 atom stereocenters. The summed E-state index contributed by atoms with van der Waals surface area (Å²) in [4.78, 5) is 18.3. The van der Waals surface area contributed by atoms with E-state index in [2.05, 4.69) is 11.9 Å². The summed E-state index contributed by atoms with van der Waals surface area (Å²) in [6, 6.07) is 23.1. The Labute approximate surface area is 200 Å². The Morgan fingerprint density at radius 3 is 2.56 bits per heavy atom. The predicted molar refractivity (Wildman–Crippen MR) is 135 cm³/mol. The first-order valence-electron chi connectivity index (χ1n) is 11.0. The van der Waals surface area contributed by atoms with E-state index in [1.807, 2.05) is 78.9 Å². The largest absolute Gasteiger partial charge is 0.493 e. The molecule has 0 radical (unpaired) electrons. The minimum Gasteiger partial charge on any atom is -0.493 e. The highest BCUT2D eigenvalue weighted by Crippen LogP contribution is 2.29. The molecule has 0 spiro atoms. The number of para-hydroxylation sites is 3. The van der Waals surface area contributed by atoms with Crippen LogP contribution in [0.3, 0.4) is 0 Å². The maximum Gasteiger partial charge on any atom is 0.274 e.